The van der Waals surface area contributed by atoms with E-state index in [0.29, 0.717) is 10.6 Å². The molecule has 2 aromatic carbocycles. The van der Waals surface area contributed by atoms with Gasteiger partial charge in [0.05, 0.1) is 10.6 Å². The lowest BCUT2D eigenvalue weighted by Gasteiger charge is -2.20. The highest BCUT2D eigenvalue weighted by Crippen LogP contribution is 2.31. The quantitative estimate of drug-likeness (QED) is 0.769. The number of rotatable bonds is 2. The SMILES string of the molecule is CC(C)(C)c1ccc(O)c(C(=O)c2ccc(Cl)cc2Cl)c1. The van der Waals surface area contributed by atoms with Crippen molar-refractivity contribution < 1.29 is 9.90 Å². The maximum atomic E-state index is 12.6. The van der Waals surface area contributed by atoms with Crippen LogP contribution in [0.1, 0.15) is 42.3 Å². The maximum Gasteiger partial charge on any atom is 0.198 e. The minimum Gasteiger partial charge on any atom is -0.507 e. The summed E-state index contributed by atoms with van der Waals surface area (Å²) in [5.41, 5.74) is 1.41. The van der Waals surface area contributed by atoms with Crippen molar-refractivity contribution in [1.82, 2.24) is 0 Å². The third kappa shape index (κ3) is 3.39. The van der Waals surface area contributed by atoms with E-state index >= 15 is 0 Å². The largest absolute Gasteiger partial charge is 0.507 e. The lowest BCUT2D eigenvalue weighted by Crippen LogP contribution is -2.13. The van der Waals surface area contributed by atoms with E-state index in [1.165, 1.54) is 12.1 Å². The molecule has 0 unspecified atom stereocenters. The van der Waals surface area contributed by atoms with E-state index in [1.807, 2.05) is 26.8 Å². The topological polar surface area (TPSA) is 37.3 Å². The first-order valence-corrected chi connectivity index (χ1v) is 7.29. The van der Waals surface area contributed by atoms with Crippen molar-refractivity contribution >= 4 is 29.0 Å². The summed E-state index contributed by atoms with van der Waals surface area (Å²) in [7, 11) is 0. The Balaban J connectivity index is 2.53. The molecule has 21 heavy (non-hydrogen) atoms. The summed E-state index contributed by atoms with van der Waals surface area (Å²) < 4.78 is 0. The van der Waals surface area contributed by atoms with E-state index in [1.54, 1.807) is 18.2 Å². The summed E-state index contributed by atoms with van der Waals surface area (Å²) in [6, 6.07) is 9.75. The van der Waals surface area contributed by atoms with E-state index in [0.717, 1.165) is 5.56 Å². The van der Waals surface area contributed by atoms with E-state index in [-0.39, 0.29) is 27.5 Å². The predicted molar refractivity (Wildman–Crippen MR) is 86.7 cm³/mol. The third-order valence-corrected chi connectivity index (χ3v) is 3.83. The zero-order valence-corrected chi connectivity index (χ0v) is 13.6. The minimum atomic E-state index is -0.319. The maximum absolute atomic E-state index is 12.6. The summed E-state index contributed by atoms with van der Waals surface area (Å²) in [5.74, 6) is -0.376. The number of aromatic hydroxyl groups is 1. The number of ketones is 1. The van der Waals surface area contributed by atoms with Crippen LogP contribution in [0.15, 0.2) is 36.4 Å². The fourth-order valence-corrected chi connectivity index (χ4v) is 2.50. The molecule has 110 valence electrons. The second kappa shape index (κ2) is 5.70. The van der Waals surface area contributed by atoms with Crippen LogP contribution in [0.3, 0.4) is 0 Å². The van der Waals surface area contributed by atoms with Gasteiger partial charge in [0.15, 0.2) is 5.78 Å². The van der Waals surface area contributed by atoms with Gasteiger partial charge in [0.1, 0.15) is 5.75 Å². The lowest BCUT2D eigenvalue weighted by atomic mass is 9.85. The van der Waals surface area contributed by atoms with Crippen molar-refractivity contribution in [2.75, 3.05) is 0 Å². The molecule has 0 aliphatic rings. The second-order valence-corrected chi connectivity index (χ2v) is 6.78. The number of carbonyl (C=O) groups is 1. The molecule has 1 N–H and O–H groups in total. The van der Waals surface area contributed by atoms with E-state index < -0.39 is 0 Å². The molecular formula is C17H16Cl2O2. The molecule has 4 heteroatoms. The first kappa shape index (κ1) is 15.9. The minimum absolute atomic E-state index is 0.0565. The Morgan fingerprint density at radius 1 is 1.00 bits per heavy atom. The van der Waals surface area contributed by atoms with Gasteiger partial charge < -0.3 is 5.11 Å². The number of hydrogen-bond donors (Lipinski definition) is 1. The van der Waals surface area contributed by atoms with Crippen molar-refractivity contribution in [1.29, 1.82) is 0 Å². The first-order chi connectivity index (χ1) is 9.70. The molecule has 0 saturated heterocycles. The zero-order chi connectivity index (χ0) is 15.8. The van der Waals surface area contributed by atoms with Gasteiger partial charge in [-0.25, -0.2) is 0 Å². The van der Waals surface area contributed by atoms with Crippen molar-refractivity contribution in [3.8, 4) is 5.75 Å². The normalized spacial score (nSPS) is 11.5. The molecule has 2 aromatic rings. The van der Waals surface area contributed by atoms with Gasteiger partial charge in [-0.1, -0.05) is 50.0 Å². The van der Waals surface area contributed by atoms with Gasteiger partial charge in [-0.3, -0.25) is 4.79 Å². The van der Waals surface area contributed by atoms with Crippen LogP contribution in [-0.2, 0) is 5.41 Å². The molecule has 0 fully saturated rings. The second-order valence-electron chi connectivity index (χ2n) is 5.94. The van der Waals surface area contributed by atoms with Gasteiger partial charge >= 0.3 is 0 Å². The Bertz CT molecular complexity index is 700. The van der Waals surface area contributed by atoms with Crippen molar-refractivity contribution in [3.05, 3.63) is 63.1 Å². The lowest BCUT2D eigenvalue weighted by molar-refractivity contribution is 0.103. The van der Waals surface area contributed by atoms with Crippen LogP contribution in [0.5, 0.6) is 5.75 Å². The molecule has 0 aliphatic carbocycles. The Morgan fingerprint density at radius 2 is 1.67 bits per heavy atom. The average molecular weight is 323 g/mol. The third-order valence-electron chi connectivity index (χ3n) is 3.28. The van der Waals surface area contributed by atoms with Crippen LogP contribution in [0.2, 0.25) is 10.0 Å². The van der Waals surface area contributed by atoms with Gasteiger partial charge in [-0.05, 0) is 41.3 Å². The Labute approximate surface area is 134 Å². The number of hydrogen-bond acceptors (Lipinski definition) is 2. The number of phenolic OH excluding ortho intramolecular Hbond substituents is 1. The van der Waals surface area contributed by atoms with Crippen molar-refractivity contribution in [2.24, 2.45) is 0 Å². The summed E-state index contributed by atoms with van der Waals surface area (Å²) in [6.07, 6.45) is 0. The number of benzene rings is 2. The molecule has 2 nitrogen and oxygen atoms in total. The monoisotopic (exact) mass is 322 g/mol. The smallest absolute Gasteiger partial charge is 0.198 e. The molecule has 0 radical (unpaired) electrons. The highest BCUT2D eigenvalue weighted by molar-refractivity contribution is 6.37. The molecule has 0 aliphatic heterocycles. The van der Waals surface area contributed by atoms with Gasteiger partial charge in [0.2, 0.25) is 0 Å². The van der Waals surface area contributed by atoms with Crippen molar-refractivity contribution in [2.45, 2.75) is 26.2 Å². The number of phenols is 1. The molecule has 0 atom stereocenters. The molecule has 0 amide bonds. The molecule has 2 rings (SSSR count). The molecule has 0 saturated carbocycles. The summed E-state index contributed by atoms with van der Waals surface area (Å²) in [5, 5.41) is 10.7. The molecule has 0 heterocycles. The van der Waals surface area contributed by atoms with Gasteiger partial charge in [-0.15, -0.1) is 0 Å². The number of carbonyl (C=O) groups excluding carboxylic acids is 1. The van der Waals surface area contributed by atoms with Gasteiger partial charge in [0, 0.05) is 10.6 Å². The van der Waals surface area contributed by atoms with E-state index in [2.05, 4.69) is 0 Å². The summed E-state index contributed by atoms with van der Waals surface area (Å²) >= 11 is 11.9. The van der Waals surface area contributed by atoms with Gasteiger partial charge in [-0.2, -0.15) is 0 Å². The highest BCUT2D eigenvalue weighted by atomic mass is 35.5. The van der Waals surface area contributed by atoms with Gasteiger partial charge in [0.25, 0.3) is 0 Å². The van der Waals surface area contributed by atoms with Crippen LogP contribution in [0.25, 0.3) is 0 Å². The Morgan fingerprint density at radius 3 is 2.24 bits per heavy atom. The molecule has 0 aromatic heterocycles. The first-order valence-electron chi connectivity index (χ1n) is 6.53. The standard InChI is InChI=1S/C17H16Cl2O2/c1-17(2,3)10-4-7-15(20)13(8-10)16(21)12-6-5-11(18)9-14(12)19/h4-9,20H,1-3H3. The zero-order valence-electron chi connectivity index (χ0n) is 12.1. The van der Waals surface area contributed by atoms with Crippen LogP contribution in [0, 0.1) is 0 Å². The van der Waals surface area contributed by atoms with Crippen LogP contribution in [-0.4, -0.2) is 10.9 Å². The van der Waals surface area contributed by atoms with E-state index in [4.69, 9.17) is 23.2 Å². The number of halogens is 2. The van der Waals surface area contributed by atoms with E-state index in [9.17, 15) is 9.90 Å². The molecular weight excluding hydrogens is 307 g/mol. The summed E-state index contributed by atoms with van der Waals surface area (Å²) in [6.45, 7) is 6.13. The summed E-state index contributed by atoms with van der Waals surface area (Å²) in [4.78, 5) is 12.6. The fourth-order valence-electron chi connectivity index (χ4n) is 2.00. The average Bonchev–Trinajstić information content (AvgIpc) is 2.37. The van der Waals surface area contributed by atoms with Crippen LogP contribution >= 0.6 is 23.2 Å². The highest BCUT2D eigenvalue weighted by Gasteiger charge is 2.21. The molecule has 0 bridgehead atoms. The van der Waals surface area contributed by atoms with Crippen LogP contribution < -0.4 is 0 Å². The fraction of sp³-hybridized carbons (Fsp3) is 0.235. The predicted octanol–water partition coefficient (Wildman–Crippen LogP) is 5.23. The Kier molecular flexibility index (Phi) is 4.31. The Hall–Kier alpha value is -1.51. The molecule has 0 spiro atoms. The van der Waals surface area contributed by atoms with Crippen molar-refractivity contribution in [3.63, 3.8) is 0 Å². The van der Waals surface area contributed by atoms with Crippen LogP contribution in [0.4, 0.5) is 0 Å².